The van der Waals surface area contributed by atoms with Crippen LogP contribution in [0.2, 0.25) is 0 Å². The number of nitrogens with zero attached hydrogens (tertiary/aromatic N) is 2. The van der Waals surface area contributed by atoms with E-state index in [1.54, 1.807) is 6.20 Å². The van der Waals surface area contributed by atoms with Crippen LogP contribution in [0.3, 0.4) is 0 Å². The van der Waals surface area contributed by atoms with Crippen molar-refractivity contribution in [2.45, 2.75) is 13.5 Å². The third-order valence-corrected chi connectivity index (χ3v) is 3.72. The highest BCUT2D eigenvalue weighted by Crippen LogP contribution is 2.20. The summed E-state index contributed by atoms with van der Waals surface area (Å²) in [4.78, 5) is 20.5. The van der Waals surface area contributed by atoms with Crippen LogP contribution < -0.4 is 10.6 Å². The highest BCUT2D eigenvalue weighted by molar-refractivity contribution is 5.81. The van der Waals surface area contributed by atoms with Crippen molar-refractivity contribution >= 4 is 11.6 Å². The second kappa shape index (κ2) is 8.06. The van der Waals surface area contributed by atoms with Crippen LogP contribution in [0, 0.1) is 6.92 Å². The Morgan fingerprint density at radius 1 is 1.04 bits per heavy atom. The third kappa shape index (κ3) is 4.88. The molecule has 2 aromatic carbocycles. The number of amides is 1. The van der Waals surface area contributed by atoms with Crippen molar-refractivity contribution < 1.29 is 4.79 Å². The first-order chi connectivity index (χ1) is 12.2. The molecule has 0 atom stereocenters. The fourth-order valence-corrected chi connectivity index (χ4v) is 2.45. The Kier molecular flexibility index (Phi) is 5.36. The second-order valence-corrected chi connectivity index (χ2v) is 5.69. The maximum Gasteiger partial charge on any atom is 0.239 e. The van der Waals surface area contributed by atoms with Gasteiger partial charge in [-0.2, -0.15) is 0 Å². The summed E-state index contributed by atoms with van der Waals surface area (Å²) in [7, 11) is 0. The normalized spacial score (nSPS) is 10.3. The Morgan fingerprint density at radius 3 is 2.68 bits per heavy atom. The van der Waals surface area contributed by atoms with Crippen LogP contribution in [0.4, 0.5) is 5.69 Å². The molecule has 0 bridgehead atoms. The molecule has 2 N–H and O–H groups in total. The van der Waals surface area contributed by atoms with E-state index in [0.29, 0.717) is 6.54 Å². The number of carbonyl (C=O) groups is 1. The van der Waals surface area contributed by atoms with Gasteiger partial charge in [0.1, 0.15) is 5.82 Å². The van der Waals surface area contributed by atoms with Gasteiger partial charge < -0.3 is 10.6 Å². The van der Waals surface area contributed by atoms with Gasteiger partial charge in [-0.05, 0) is 30.7 Å². The number of hydrogen-bond acceptors (Lipinski definition) is 4. The van der Waals surface area contributed by atoms with Crippen LogP contribution >= 0.6 is 0 Å². The molecule has 0 radical (unpaired) electrons. The van der Waals surface area contributed by atoms with Crippen LogP contribution in [0.5, 0.6) is 0 Å². The van der Waals surface area contributed by atoms with Gasteiger partial charge >= 0.3 is 0 Å². The van der Waals surface area contributed by atoms with Crippen LogP contribution in [0.1, 0.15) is 11.4 Å². The van der Waals surface area contributed by atoms with Crippen molar-refractivity contribution in [1.29, 1.82) is 0 Å². The number of benzene rings is 2. The average Bonchev–Trinajstić information content (AvgIpc) is 2.66. The number of carbonyl (C=O) groups excluding carboxylic acids is 1. The second-order valence-electron chi connectivity index (χ2n) is 5.69. The lowest BCUT2D eigenvalue weighted by Crippen LogP contribution is -2.29. The SMILES string of the molecule is Cc1nccc(-c2cccc(NCC(=O)NCc3ccccc3)c2)n1. The van der Waals surface area contributed by atoms with Crippen LogP contribution in [0.25, 0.3) is 11.3 Å². The van der Waals surface area contributed by atoms with Crippen molar-refractivity contribution in [2.24, 2.45) is 0 Å². The molecule has 1 amide bonds. The van der Waals surface area contributed by atoms with Gasteiger partial charge in [0.15, 0.2) is 0 Å². The van der Waals surface area contributed by atoms with E-state index in [-0.39, 0.29) is 12.5 Å². The fourth-order valence-electron chi connectivity index (χ4n) is 2.45. The Labute approximate surface area is 147 Å². The summed E-state index contributed by atoms with van der Waals surface area (Å²) in [5.41, 5.74) is 3.81. The number of anilines is 1. The van der Waals surface area contributed by atoms with E-state index < -0.39 is 0 Å². The summed E-state index contributed by atoms with van der Waals surface area (Å²) >= 11 is 0. The predicted octanol–water partition coefficient (Wildman–Crippen LogP) is 3.18. The van der Waals surface area contributed by atoms with E-state index in [1.165, 1.54) is 0 Å². The zero-order valence-corrected chi connectivity index (χ0v) is 14.1. The molecule has 25 heavy (non-hydrogen) atoms. The Balaban J connectivity index is 1.56. The Bertz CT molecular complexity index is 849. The summed E-state index contributed by atoms with van der Waals surface area (Å²) < 4.78 is 0. The smallest absolute Gasteiger partial charge is 0.239 e. The van der Waals surface area contributed by atoms with Gasteiger partial charge in [0.25, 0.3) is 0 Å². The van der Waals surface area contributed by atoms with E-state index in [0.717, 1.165) is 28.3 Å². The van der Waals surface area contributed by atoms with Gasteiger partial charge in [0.05, 0.1) is 12.2 Å². The van der Waals surface area contributed by atoms with Gasteiger partial charge in [-0.3, -0.25) is 4.79 Å². The fraction of sp³-hybridized carbons (Fsp3) is 0.150. The highest BCUT2D eigenvalue weighted by atomic mass is 16.1. The van der Waals surface area contributed by atoms with Gasteiger partial charge in [0.2, 0.25) is 5.91 Å². The summed E-state index contributed by atoms with van der Waals surface area (Å²) in [6.07, 6.45) is 1.74. The minimum absolute atomic E-state index is 0.0489. The standard InChI is InChI=1S/C20H20N4O/c1-15-21-11-10-19(24-15)17-8-5-9-18(12-17)22-14-20(25)23-13-16-6-3-2-4-7-16/h2-12,22H,13-14H2,1H3,(H,23,25). The van der Waals surface area contributed by atoms with E-state index in [9.17, 15) is 4.79 Å². The molecule has 0 aliphatic carbocycles. The molecule has 0 aliphatic heterocycles. The number of aryl methyl sites for hydroxylation is 1. The Hall–Kier alpha value is -3.21. The van der Waals surface area contributed by atoms with E-state index >= 15 is 0 Å². The molecule has 0 aliphatic rings. The highest BCUT2D eigenvalue weighted by Gasteiger charge is 2.04. The number of nitrogens with one attached hydrogen (secondary N) is 2. The maximum absolute atomic E-state index is 12.0. The molecule has 0 spiro atoms. The summed E-state index contributed by atoms with van der Waals surface area (Å²) in [5.74, 6) is 0.684. The maximum atomic E-state index is 12.0. The topological polar surface area (TPSA) is 66.9 Å². The molecule has 0 unspecified atom stereocenters. The molecule has 126 valence electrons. The molecule has 1 heterocycles. The zero-order chi connectivity index (χ0) is 17.5. The van der Waals surface area contributed by atoms with Crippen LogP contribution in [-0.4, -0.2) is 22.4 Å². The van der Waals surface area contributed by atoms with E-state index in [4.69, 9.17) is 0 Å². The lowest BCUT2D eigenvalue weighted by molar-refractivity contribution is -0.119. The van der Waals surface area contributed by atoms with Gasteiger partial charge in [-0.15, -0.1) is 0 Å². The molecule has 5 heteroatoms. The van der Waals surface area contributed by atoms with Gasteiger partial charge in [-0.25, -0.2) is 9.97 Å². The molecule has 5 nitrogen and oxygen atoms in total. The average molecular weight is 332 g/mol. The predicted molar refractivity (Wildman–Crippen MR) is 99.0 cm³/mol. The molecular formula is C20H20N4O. The van der Waals surface area contributed by atoms with Gasteiger partial charge in [-0.1, -0.05) is 42.5 Å². The molecule has 1 aromatic heterocycles. The van der Waals surface area contributed by atoms with E-state index in [1.807, 2.05) is 67.6 Å². The first kappa shape index (κ1) is 16.6. The van der Waals surface area contributed by atoms with Crippen molar-refractivity contribution in [3.8, 4) is 11.3 Å². The molecule has 0 saturated heterocycles. The number of aromatic nitrogens is 2. The first-order valence-electron chi connectivity index (χ1n) is 8.15. The molecule has 0 saturated carbocycles. The van der Waals surface area contributed by atoms with E-state index in [2.05, 4.69) is 20.6 Å². The number of hydrogen-bond donors (Lipinski definition) is 2. The molecule has 3 aromatic rings. The number of rotatable bonds is 6. The molecule has 3 rings (SSSR count). The van der Waals surface area contributed by atoms with Crippen molar-refractivity contribution in [3.63, 3.8) is 0 Å². The lowest BCUT2D eigenvalue weighted by Gasteiger charge is -2.09. The zero-order valence-electron chi connectivity index (χ0n) is 14.1. The van der Waals surface area contributed by atoms with Gasteiger partial charge in [0, 0.05) is 24.0 Å². The lowest BCUT2D eigenvalue weighted by atomic mass is 10.1. The van der Waals surface area contributed by atoms with Crippen molar-refractivity contribution in [2.75, 3.05) is 11.9 Å². The van der Waals surface area contributed by atoms with Crippen molar-refractivity contribution in [1.82, 2.24) is 15.3 Å². The summed E-state index contributed by atoms with van der Waals surface area (Å²) in [6, 6.07) is 19.6. The summed E-state index contributed by atoms with van der Waals surface area (Å²) in [5, 5.41) is 6.05. The third-order valence-electron chi connectivity index (χ3n) is 3.72. The largest absolute Gasteiger partial charge is 0.376 e. The quantitative estimate of drug-likeness (QED) is 0.727. The first-order valence-corrected chi connectivity index (χ1v) is 8.15. The Morgan fingerprint density at radius 2 is 1.88 bits per heavy atom. The summed E-state index contributed by atoms with van der Waals surface area (Å²) in [6.45, 7) is 2.61. The molecular weight excluding hydrogens is 312 g/mol. The van der Waals surface area contributed by atoms with Crippen molar-refractivity contribution in [3.05, 3.63) is 78.2 Å². The van der Waals surface area contributed by atoms with Crippen LogP contribution in [0.15, 0.2) is 66.9 Å². The minimum atomic E-state index is -0.0489. The monoisotopic (exact) mass is 332 g/mol. The molecule has 0 fully saturated rings. The minimum Gasteiger partial charge on any atom is -0.376 e. The van der Waals surface area contributed by atoms with Crippen LogP contribution in [-0.2, 0) is 11.3 Å².